The molecule has 0 spiro atoms. The molecule has 16 heavy (non-hydrogen) atoms. The Labute approximate surface area is 97.7 Å². The molecule has 82 valence electrons. The smallest absolute Gasteiger partial charge is 0.268 e. The summed E-state index contributed by atoms with van der Waals surface area (Å²) >= 11 is 5.70. The molecule has 5 heteroatoms. The van der Waals surface area contributed by atoms with Gasteiger partial charge in [-0.2, -0.15) is 0 Å². The molecule has 4 nitrogen and oxygen atoms in total. The van der Waals surface area contributed by atoms with Gasteiger partial charge in [-0.1, -0.05) is 17.7 Å². The highest BCUT2D eigenvalue weighted by molar-refractivity contribution is 6.30. The number of rotatable bonds is 3. The normalized spacial score (nSPS) is 10.1. The first kappa shape index (κ1) is 10.7. The van der Waals surface area contributed by atoms with Gasteiger partial charge in [0.1, 0.15) is 5.69 Å². The number of hydrogen-bond acceptors (Lipinski definition) is 2. The number of H-pyrrole nitrogens is 1. The highest BCUT2D eigenvalue weighted by atomic mass is 35.5. The van der Waals surface area contributed by atoms with E-state index in [0.717, 1.165) is 5.56 Å². The summed E-state index contributed by atoms with van der Waals surface area (Å²) in [6.07, 6.45) is 4.97. The molecule has 0 atom stereocenters. The summed E-state index contributed by atoms with van der Waals surface area (Å²) in [6.45, 7) is 0.448. The molecule has 0 aromatic carbocycles. The van der Waals surface area contributed by atoms with E-state index in [1.165, 1.54) is 0 Å². The molecular weight excluding hydrogens is 226 g/mol. The minimum absolute atomic E-state index is 0.184. The van der Waals surface area contributed by atoms with Crippen molar-refractivity contribution in [1.82, 2.24) is 15.3 Å². The van der Waals surface area contributed by atoms with Crippen LogP contribution in [-0.4, -0.2) is 15.9 Å². The fraction of sp³-hybridized carbons (Fsp3) is 0.0909. The van der Waals surface area contributed by atoms with Crippen LogP contribution in [0.4, 0.5) is 0 Å². The molecule has 2 aromatic rings. The third kappa shape index (κ3) is 2.61. The van der Waals surface area contributed by atoms with Crippen molar-refractivity contribution in [2.45, 2.75) is 6.54 Å². The van der Waals surface area contributed by atoms with Gasteiger partial charge in [-0.15, -0.1) is 0 Å². The van der Waals surface area contributed by atoms with Crippen LogP contribution >= 0.6 is 11.6 Å². The number of hydrogen-bond donors (Lipinski definition) is 2. The first-order valence-corrected chi connectivity index (χ1v) is 5.14. The zero-order valence-corrected chi connectivity index (χ0v) is 9.16. The van der Waals surface area contributed by atoms with E-state index < -0.39 is 0 Å². The lowest BCUT2D eigenvalue weighted by Crippen LogP contribution is -2.23. The van der Waals surface area contributed by atoms with Crippen LogP contribution in [0.15, 0.2) is 36.8 Å². The maximum atomic E-state index is 11.6. The third-order valence-electron chi connectivity index (χ3n) is 2.07. The first-order chi connectivity index (χ1) is 7.75. The van der Waals surface area contributed by atoms with E-state index in [0.29, 0.717) is 17.3 Å². The van der Waals surface area contributed by atoms with Crippen molar-refractivity contribution in [3.05, 3.63) is 53.1 Å². The molecule has 2 heterocycles. The molecule has 0 aliphatic carbocycles. The second kappa shape index (κ2) is 4.81. The van der Waals surface area contributed by atoms with Crippen LogP contribution in [0.3, 0.4) is 0 Å². The summed E-state index contributed by atoms with van der Waals surface area (Å²) in [7, 11) is 0. The Kier molecular flexibility index (Phi) is 3.22. The maximum Gasteiger partial charge on any atom is 0.268 e. The van der Waals surface area contributed by atoms with Gasteiger partial charge in [0.25, 0.3) is 5.91 Å². The highest BCUT2D eigenvalue weighted by Gasteiger charge is 2.06. The first-order valence-electron chi connectivity index (χ1n) is 4.77. The molecule has 0 fully saturated rings. The fourth-order valence-corrected chi connectivity index (χ4v) is 1.44. The molecule has 0 radical (unpaired) electrons. The van der Waals surface area contributed by atoms with Gasteiger partial charge in [-0.05, 0) is 17.7 Å². The minimum atomic E-state index is -0.184. The minimum Gasteiger partial charge on any atom is -0.356 e. The molecule has 0 saturated heterocycles. The van der Waals surface area contributed by atoms with Crippen molar-refractivity contribution in [3.63, 3.8) is 0 Å². The Morgan fingerprint density at radius 3 is 3.06 bits per heavy atom. The summed E-state index contributed by atoms with van der Waals surface area (Å²) < 4.78 is 0. The molecule has 0 saturated carbocycles. The van der Waals surface area contributed by atoms with Crippen molar-refractivity contribution in [1.29, 1.82) is 0 Å². The van der Waals surface area contributed by atoms with E-state index in [-0.39, 0.29) is 5.91 Å². The quantitative estimate of drug-likeness (QED) is 0.855. The SMILES string of the molecule is O=C(NCc1cccnc1)c1cc(Cl)c[nH]1. The van der Waals surface area contributed by atoms with E-state index in [4.69, 9.17) is 11.6 Å². The van der Waals surface area contributed by atoms with Gasteiger partial charge in [-0.25, -0.2) is 0 Å². The van der Waals surface area contributed by atoms with E-state index in [9.17, 15) is 4.79 Å². The van der Waals surface area contributed by atoms with Gasteiger partial charge < -0.3 is 10.3 Å². The van der Waals surface area contributed by atoms with Crippen LogP contribution in [0.2, 0.25) is 5.02 Å². The van der Waals surface area contributed by atoms with Crippen LogP contribution < -0.4 is 5.32 Å². The number of carbonyl (C=O) groups excluding carboxylic acids is 1. The molecule has 0 unspecified atom stereocenters. The second-order valence-electron chi connectivity index (χ2n) is 3.28. The van der Waals surface area contributed by atoms with E-state index in [2.05, 4.69) is 15.3 Å². The van der Waals surface area contributed by atoms with Gasteiger partial charge in [0.05, 0.1) is 5.02 Å². The Balaban J connectivity index is 1.94. The average Bonchev–Trinajstić information content (AvgIpc) is 2.74. The topological polar surface area (TPSA) is 57.8 Å². The van der Waals surface area contributed by atoms with Crippen LogP contribution in [0.25, 0.3) is 0 Å². The van der Waals surface area contributed by atoms with Crippen molar-refractivity contribution in [2.24, 2.45) is 0 Å². The predicted octanol–water partition coefficient (Wildman–Crippen LogP) is 1.99. The summed E-state index contributed by atoms with van der Waals surface area (Å²) in [4.78, 5) is 18.4. The molecular formula is C11H10ClN3O. The van der Waals surface area contributed by atoms with E-state index >= 15 is 0 Å². The highest BCUT2D eigenvalue weighted by Crippen LogP contribution is 2.09. The van der Waals surface area contributed by atoms with Gasteiger partial charge in [-0.3, -0.25) is 9.78 Å². The number of amides is 1. The van der Waals surface area contributed by atoms with Gasteiger partial charge in [0.2, 0.25) is 0 Å². The molecule has 0 bridgehead atoms. The Morgan fingerprint density at radius 1 is 1.56 bits per heavy atom. The van der Waals surface area contributed by atoms with Crippen LogP contribution in [0, 0.1) is 0 Å². The van der Waals surface area contributed by atoms with Crippen molar-refractivity contribution in [3.8, 4) is 0 Å². The second-order valence-corrected chi connectivity index (χ2v) is 3.71. The molecule has 0 aliphatic heterocycles. The Hall–Kier alpha value is -1.81. The number of nitrogens with one attached hydrogen (secondary N) is 2. The Bertz CT molecular complexity index is 481. The molecule has 2 aromatic heterocycles. The monoisotopic (exact) mass is 235 g/mol. The zero-order chi connectivity index (χ0) is 11.4. The van der Waals surface area contributed by atoms with Crippen LogP contribution in [-0.2, 0) is 6.54 Å². The molecule has 0 aliphatic rings. The standard InChI is InChI=1S/C11H10ClN3O/c12-9-4-10(14-7-9)11(16)15-6-8-2-1-3-13-5-8/h1-5,7,14H,6H2,(H,15,16). The van der Waals surface area contributed by atoms with Crippen molar-refractivity contribution < 1.29 is 4.79 Å². The number of nitrogens with zero attached hydrogens (tertiary/aromatic N) is 1. The van der Waals surface area contributed by atoms with Crippen LogP contribution in [0.5, 0.6) is 0 Å². The van der Waals surface area contributed by atoms with E-state index in [1.807, 2.05) is 12.1 Å². The lowest BCUT2D eigenvalue weighted by Gasteiger charge is -2.02. The lowest BCUT2D eigenvalue weighted by atomic mass is 10.3. The number of aromatic nitrogens is 2. The summed E-state index contributed by atoms with van der Waals surface area (Å²) in [5, 5.41) is 3.28. The van der Waals surface area contributed by atoms with Gasteiger partial charge >= 0.3 is 0 Å². The summed E-state index contributed by atoms with van der Waals surface area (Å²) in [5.41, 5.74) is 1.40. The Morgan fingerprint density at radius 2 is 2.44 bits per heavy atom. The van der Waals surface area contributed by atoms with Crippen molar-refractivity contribution in [2.75, 3.05) is 0 Å². The lowest BCUT2D eigenvalue weighted by molar-refractivity contribution is 0.0946. The maximum absolute atomic E-state index is 11.6. The van der Waals surface area contributed by atoms with E-state index in [1.54, 1.807) is 24.7 Å². The number of carbonyl (C=O) groups is 1. The molecule has 1 amide bonds. The number of halogens is 1. The summed E-state index contributed by atoms with van der Waals surface area (Å²) in [6, 6.07) is 5.31. The molecule has 2 rings (SSSR count). The predicted molar refractivity (Wildman–Crippen MR) is 61.2 cm³/mol. The van der Waals surface area contributed by atoms with Crippen molar-refractivity contribution >= 4 is 17.5 Å². The largest absolute Gasteiger partial charge is 0.356 e. The number of aromatic amines is 1. The zero-order valence-electron chi connectivity index (χ0n) is 8.40. The van der Waals surface area contributed by atoms with Gasteiger partial charge in [0.15, 0.2) is 0 Å². The number of pyridine rings is 1. The third-order valence-corrected chi connectivity index (χ3v) is 2.29. The van der Waals surface area contributed by atoms with Crippen LogP contribution in [0.1, 0.15) is 16.1 Å². The molecule has 2 N–H and O–H groups in total. The fourth-order valence-electron chi connectivity index (χ4n) is 1.28. The average molecular weight is 236 g/mol. The van der Waals surface area contributed by atoms with Gasteiger partial charge in [0, 0.05) is 25.1 Å². The summed E-state index contributed by atoms with van der Waals surface area (Å²) in [5.74, 6) is -0.184.